The van der Waals surface area contributed by atoms with Gasteiger partial charge < -0.3 is 16.8 Å². The first-order valence-corrected chi connectivity index (χ1v) is 8.38. The number of hydrogen-bond acceptors (Lipinski definition) is 5. The molecule has 0 saturated carbocycles. The molecule has 1 fully saturated rings. The maximum Gasteiger partial charge on any atom is 0.248 e. The SMILES string of the molecule is NC(=O)c1ccc(-c2cnn3c(N)cc(C4CCCNC4)nc23)cc1. The largest absolute Gasteiger partial charge is 0.384 e. The standard InChI is InChI=1S/C18H20N6O/c19-16-8-15(13-2-1-7-21-9-13)23-18-14(10-22-24(16)18)11-3-5-12(6-4-11)17(20)25/h3-6,8,10,13,21H,1-2,7,9,19H2,(H2,20,25). The zero-order valence-electron chi connectivity index (χ0n) is 13.8. The molecule has 128 valence electrons. The van der Waals surface area contributed by atoms with Crippen molar-refractivity contribution < 1.29 is 4.79 Å². The smallest absolute Gasteiger partial charge is 0.248 e. The second kappa shape index (κ2) is 6.18. The molecule has 1 aromatic carbocycles. The van der Waals surface area contributed by atoms with Crippen LogP contribution in [0.2, 0.25) is 0 Å². The number of primary amides is 1. The van der Waals surface area contributed by atoms with Gasteiger partial charge in [0.25, 0.3) is 0 Å². The number of hydrogen-bond donors (Lipinski definition) is 3. The van der Waals surface area contributed by atoms with Crippen molar-refractivity contribution in [3.05, 3.63) is 47.8 Å². The van der Waals surface area contributed by atoms with Crippen molar-refractivity contribution in [3.63, 3.8) is 0 Å². The molecule has 1 amide bonds. The summed E-state index contributed by atoms with van der Waals surface area (Å²) >= 11 is 0. The molecule has 25 heavy (non-hydrogen) atoms. The fourth-order valence-corrected chi connectivity index (χ4v) is 3.34. The fraction of sp³-hybridized carbons (Fsp3) is 0.278. The Labute approximate surface area is 145 Å². The van der Waals surface area contributed by atoms with Crippen LogP contribution in [0.25, 0.3) is 16.8 Å². The summed E-state index contributed by atoms with van der Waals surface area (Å²) in [5, 5.41) is 7.77. The molecule has 1 saturated heterocycles. The third kappa shape index (κ3) is 2.83. The molecule has 3 heterocycles. The maximum atomic E-state index is 11.2. The monoisotopic (exact) mass is 336 g/mol. The third-order valence-corrected chi connectivity index (χ3v) is 4.71. The van der Waals surface area contributed by atoms with E-state index in [1.807, 2.05) is 18.2 Å². The van der Waals surface area contributed by atoms with Crippen molar-refractivity contribution in [2.24, 2.45) is 5.73 Å². The predicted octanol–water partition coefficient (Wildman–Crippen LogP) is 1.54. The Bertz CT molecular complexity index is 925. The van der Waals surface area contributed by atoms with E-state index in [1.165, 1.54) is 0 Å². The van der Waals surface area contributed by atoms with Crippen molar-refractivity contribution in [2.45, 2.75) is 18.8 Å². The van der Waals surface area contributed by atoms with Gasteiger partial charge in [-0.1, -0.05) is 12.1 Å². The van der Waals surface area contributed by atoms with E-state index in [-0.39, 0.29) is 0 Å². The van der Waals surface area contributed by atoms with Gasteiger partial charge in [0.05, 0.1) is 11.9 Å². The molecule has 7 heteroatoms. The lowest BCUT2D eigenvalue weighted by molar-refractivity contribution is 0.100. The summed E-state index contributed by atoms with van der Waals surface area (Å²) in [6.07, 6.45) is 3.99. The minimum Gasteiger partial charge on any atom is -0.384 e. The number of nitrogens with two attached hydrogens (primary N) is 2. The maximum absolute atomic E-state index is 11.2. The molecule has 1 aliphatic rings. The Morgan fingerprint density at radius 1 is 1.28 bits per heavy atom. The number of fused-ring (bicyclic) bond motifs is 1. The van der Waals surface area contributed by atoms with Crippen LogP contribution in [0.5, 0.6) is 0 Å². The molecule has 3 aromatic rings. The first kappa shape index (κ1) is 15.6. The summed E-state index contributed by atoms with van der Waals surface area (Å²) in [7, 11) is 0. The van der Waals surface area contributed by atoms with Crippen LogP contribution in [-0.2, 0) is 0 Å². The zero-order chi connectivity index (χ0) is 17.4. The topological polar surface area (TPSA) is 111 Å². The quantitative estimate of drug-likeness (QED) is 0.672. The molecular weight excluding hydrogens is 316 g/mol. The highest BCUT2D eigenvalue weighted by Gasteiger charge is 2.19. The molecular formula is C18H20N6O. The molecule has 1 atom stereocenters. The van der Waals surface area contributed by atoms with Crippen molar-refractivity contribution in [1.82, 2.24) is 19.9 Å². The van der Waals surface area contributed by atoms with Crippen LogP contribution in [0.3, 0.4) is 0 Å². The zero-order valence-corrected chi connectivity index (χ0v) is 13.8. The predicted molar refractivity (Wildman–Crippen MR) is 96.2 cm³/mol. The molecule has 1 unspecified atom stereocenters. The number of piperidine rings is 1. The number of benzene rings is 1. The summed E-state index contributed by atoms with van der Waals surface area (Å²) < 4.78 is 1.65. The highest BCUT2D eigenvalue weighted by atomic mass is 16.1. The van der Waals surface area contributed by atoms with E-state index in [0.717, 1.165) is 48.4 Å². The van der Waals surface area contributed by atoms with E-state index < -0.39 is 5.91 Å². The highest BCUT2D eigenvalue weighted by Crippen LogP contribution is 2.29. The Balaban J connectivity index is 1.79. The average molecular weight is 336 g/mol. The number of nitrogen functional groups attached to an aromatic ring is 1. The Morgan fingerprint density at radius 3 is 2.76 bits per heavy atom. The summed E-state index contributed by atoms with van der Waals surface area (Å²) in [5.41, 5.74) is 15.5. The second-order valence-electron chi connectivity index (χ2n) is 6.38. The lowest BCUT2D eigenvalue weighted by Crippen LogP contribution is -2.29. The van der Waals surface area contributed by atoms with E-state index in [9.17, 15) is 4.79 Å². The number of anilines is 1. The van der Waals surface area contributed by atoms with Gasteiger partial charge in [0.15, 0.2) is 5.65 Å². The Kier molecular flexibility index (Phi) is 3.85. The fourth-order valence-electron chi connectivity index (χ4n) is 3.34. The molecule has 1 aliphatic heterocycles. The molecule has 0 aliphatic carbocycles. The van der Waals surface area contributed by atoms with Gasteiger partial charge in [0.2, 0.25) is 5.91 Å². The summed E-state index contributed by atoms with van der Waals surface area (Å²) in [5.74, 6) is 0.493. The van der Waals surface area contributed by atoms with Gasteiger partial charge in [0, 0.05) is 29.7 Å². The van der Waals surface area contributed by atoms with Gasteiger partial charge in [-0.15, -0.1) is 0 Å². The number of carbonyl (C=O) groups excluding carboxylic acids is 1. The van der Waals surface area contributed by atoms with Crippen LogP contribution in [-0.4, -0.2) is 33.6 Å². The van der Waals surface area contributed by atoms with Gasteiger partial charge in [-0.25, -0.2) is 4.98 Å². The highest BCUT2D eigenvalue weighted by molar-refractivity contribution is 5.93. The van der Waals surface area contributed by atoms with E-state index in [2.05, 4.69) is 10.4 Å². The summed E-state index contributed by atoms with van der Waals surface area (Å²) in [6, 6.07) is 9.03. The molecule has 0 radical (unpaired) electrons. The van der Waals surface area contributed by atoms with Crippen molar-refractivity contribution in [1.29, 1.82) is 0 Å². The van der Waals surface area contributed by atoms with Gasteiger partial charge in [-0.3, -0.25) is 4.79 Å². The molecule has 4 rings (SSSR count). The Hall–Kier alpha value is -2.93. The van der Waals surface area contributed by atoms with Crippen LogP contribution in [0.15, 0.2) is 36.5 Å². The van der Waals surface area contributed by atoms with Gasteiger partial charge in [-0.05, 0) is 37.1 Å². The van der Waals surface area contributed by atoms with E-state index >= 15 is 0 Å². The van der Waals surface area contributed by atoms with Crippen LogP contribution in [0.1, 0.15) is 34.8 Å². The van der Waals surface area contributed by atoms with Crippen LogP contribution in [0.4, 0.5) is 5.82 Å². The van der Waals surface area contributed by atoms with Gasteiger partial charge >= 0.3 is 0 Å². The van der Waals surface area contributed by atoms with Gasteiger partial charge in [0.1, 0.15) is 5.82 Å². The lowest BCUT2D eigenvalue weighted by Gasteiger charge is -2.22. The minimum absolute atomic E-state index is 0.362. The molecule has 2 aromatic heterocycles. The normalized spacial score (nSPS) is 17.7. The molecule has 0 bridgehead atoms. The first-order valence-electron chi connectivity index (χ1n) is 8.38. The number of carbonyl (C=O) groups is 1. The number of rotatable bonds is 3. The van der Waals surface area contributed by atoms with Crippen LogP contribution >= 0.6 is 0 Å². The van der Waals surface area contributed by atoms with Gasteiger partial charge in [-0.2, -0.15) is 9.61 Å². The summed E-state index contributed by atoms with van der Waals surface area (Å²) in [4.78, 5) is 16.1. The lowest BCUT2D eigenvalue weighted by atomic mass is 9.96. The number of nitrogens with zero attached hydrogens (tertiary/aromatic N) is 3. The van der Waals surface area contributed by atoms with Crippen molar-refractivity contribution in [3.8, 4) is 11.1 Å². The van der Waals surface area contributed by atoms with Crippen LogP contribution < -0.4 is 16.8 Å². The number of amides is 1. The first-order chi connectivity index (χ1) is 12.1. The minimum atomic E-state index is -0.444. The van der Waals surface area contributed by atoms with E-state index in [4.69, 9.17) is 16.5 Å². The molecule has 7 nitrogen and oxygen atoms in total. The van der Waals surface area contributed by atoms with Crippen molar-refractivity contribution >= 4 is 17.4 Å². The average Bonchev–Trinajstić information content (AvgIpc) is 3.07. The third-order valence-electron chi connectivity index (χ3n) is 4.71. The molecule has 0 spiro atoms. The summed E-state index contributed by atoms with van der Waals surface area (Å²) in [6.45, 7) is 1.97. The number of nitrogens with one attached hydrogen (secondary N) is 1. The van der Waals surface area contributed by atoms with E-state index in [0.29, 0.717) is 17.3 Å². The van der Waals surface area contributed by atoms with Crippen molar-refractivity contribution in [2.75, 3.05) is 18.8 Å². The van der Waals surface area contributed by atoms with E-state index in [1.54, 1.807) is 22.8 Å². The van der Waals surface area contributed by atoms with Crippen LogP contribution in [0, 0.1) is 0 Å². The Morgan fingerprint density at radius 2 is 2.08 bits per heavy atom. The molecule has 5 N–H and O–H groups in total. The number of aromatic nitrogens is 3. The second-order valence-corrected chi connectivity index (χ2v) is 6.38.